The van der Waals surface area contributed by atoms with Crippen LogP contribution >= 0.6 is 0 Å². The first-order valence-electron chi connectivity index (χ1n) is 4.79. The molecule has 1 heterocycles. The molecule has 3 nitrogen and oxygen atoms in total. The van der Waals surface area contributed by atoms with E-state index in [4.69, 9.17) is 9.52 Å². The van der Waals surface area contributed by atoms with Crippen molar-refractivity contribution >= 4 is 0 Å². The van der Waals surface area contributed by atoms with Crippen LogP contribution in [0, 0.1) is 0 Å². The van der Waals surface area contributed by atoms with E-state index < -0.39 is 0 Å². The van der Waals surface area contributed by atoms with Gasteiger partial charge in [-0.15, -0.1) is 6.58 Å². The van der Waals surface area contributed by atoms with Crippen LogP contribution in [0.1, 0.15) is 24.9 Å². The molecular weight excluding hydrogens is 178 g/mol. The highest BCUT2D eigenvalue weighted by molar-refractivity contribution is 5.06. The topological polar surface area (TPSA) is 45.4 Å². The summed E-state index contributed by atoms with van der Waals surface area (Å²) in [5.41, 5.74) is 0. The van der Waals surface area contributed by atoms with Crippen LogP contribution in [0.3, 0.4) is 0 Å². The molecule has 3 heteroatoms. The molecule has 1 aromatic heterocycles. The fourth-order valence-electron chi connectivity index (χ4n) is 1.21. The fourth-order valence-corrected chi connectivity index (χ4v) is 1.21. The molecule has 14 heavy (non-hydrogen) atoms. The lowest BCUT2D eigenvalue weighted by atomic mass is 10.2. The highest BCUT2D eigenvalue weighted by atomic mass is 16.4. The summed E-state index contributed by atoms with van der Waals surface area (Å²) in [6, 6.07) is 4.06. The van der Waals surface area contributed by atoms with Crippen molar-refractivity contribution in [3.63, 3.8) is 0 Å². The molecule has 0 aliphatic carbocycles. The van der Waals surface area contributed by atoms with E-state index in [2.05, 4.69) is 18.8 Å². The zero-order valence-electron chi connectivity index (χ0n) is 8.49. The van der Waals surface area contributed by atoms with Gasteiger partial charge in [0.2, 0.25) is 0 Å². The van der Waals surface area contributed by atoms with Gasteiger partial charge in [0.25, 0.3) is 0 Å². The molecule has 0 spiro atoms. The summed E-state index contributed by atoms with van der Waals surface area (Å²) in [6.45, 7) is 6.42. The SMILES string of the molecule is C=CCC(C)NCc1ccc(CO)o1. The van der Waals surface area contributed by atoms with Gasteiger partial charge in [-0.3, -0.25) is 0 Å². The van der Waals surface area contributed by atoms with Crippen LogP contribution in [0.25, 0.3) is 0 Å². The zero-order valence-corrected chi connectivity index (χ0v) is 8.49. The first kappa shape index (κ1) is 11.0. The van der Waals surface area contributed by atoms with E-state index in [1.807, 2.05) is 12.1 Å². The van der Waals surface area contributed by atoms with Gasteiger partial charge in [-0.1, -0.05) is 6.08 Å². The summed E-state index contributed by atoms with van der Waals surface area (Å²) in [5.74, 6) is 1.46. The Hall–Kier alpha value is -1.06. The minimum atomic E-state index is -0.0395. The summed E-state index contributed by atoms with van der Waals surface area (Å²) in [4.78, 5) is 0. The van der Waals surface area contributed by atoms with Crippen molar-refractivity contribution < 1.29 is 9.52 Å². The van der Waals surface area contributed by atoms with Crippen molar-refractivity contribution in [3.8, 4) is 0 Å². The molecule has 0 amide bonds. The van der Waals surface area contributed by atoms with E-state index in [1.54, 1.807) is 6.07 Å². The third-order valence-electron chi connectivity index (χ3n) is 2.02. The molecular formula is C11H17NO2. The molecule has 1 aromatic rings. The van der Waals surface area contributed by atoms with Crippen LogP contribution in [0.15, 0.2) is 29.2 Å². The third kappa shape index (κ3) is 3.36. The van der Waals surface area contributed by atoms with Crippen molar-refractivity contribution in [3.05, 3.63) is 36.3 Å². The molecule has 0 saturated heterocycles. The van der Waals surface area contributed by atoms with Crippen LogP contribution in [-0.4, -0.2) is 11.1 Å². The second-order valence-electron chi connectivity index (χ2n) is 3.33. The van der Waals surface area contributed by atoms with Gasteiger partial charge < -0.3 is 14.8 Å². The highest BCUT2D eigenvalue weighted by Crippen LogP contribution is 2.07. The Labute approximate surface area is 84.4 Å². The third-order valence-corrected chi connectivity index (χ3v) is 2.02. The molecule has 1 unspecified atom stereocenters. The highest BCUT2D eigenvalue weighted by Gasteiger charge is 2.02. The van der Waals surface area contributed by atoms with E-state index >= 15 is 0 Å². The second-order valence-corrected chi connectivity index (χ2v) is 3.33. The average Bonchev–Trinajstić information content (AvgIpc) is 2.63. The molecule has 0 aliphatic rings. The molecule has 0 radical (unpaired) electrons. The number of aliphatic hydroxyl groups is 1. The second kappa shape index (κ2) is 5.62. The molecule has 0 aromatic carbocycles. The molecule has 1 atom stereocenters. The number of furan rings is 1. The standard InChI is InChI=1S/C11H17NO2/c1-3-4-9(2)12-7-10-5-6-11(8-13)14-10/h3,5-6,9,12-13H,1,4,7-8H2,2H3. The summed E-state index contributed by atoms with van der Waals surface area (Å²) >= 11 is 0. The monoisotopic (exact) mass is 195 g/mol. The molecule has 0 fully saturated rings. The lowest BCUT2D eigenvalue weighted by molar-refractivity contribution is 0.242. The Morgan fingerprint density at radius 2 is 2.29 bits per heavy atom. The van der Waals surface area contributed by atoms with Crippen molar-refractivity contribution in [1.82, 2.24) is 5.32 Å². The maximum absolute atomic E-state index is 8.79. The Balaban J connectivity index is 2.33. The van der Waals surface area contributed by atoms with Crippen molar-refractivity contribution in [2.45, 2.75) is 32.5 Å². The largest absolute Gasteiger partial charge is 0.462 e. The van der Waals surface area contributed by atoms with Crippen LogP contribution in [-0.2, 0) is 13.2 Å². The lowest BCUT2D eigenvalue weighted by Crippen LogP contribution is -2.24. The van der Waals surface area contributed by atoms with Crippen LogP contribution in [0.4, 0.5) is 0 Å². The Kier molecular flexibility index (Phi) is 4.43. The molecule has 78 valence electrons. The predicted octanol–water partition coefficient (Wildman–Crippen LogP) is 1.83. The maximum Gasteiger partial charge on any atom is 0.129 e. The first-order chi connectivity index (χ1) is 6.76. The van der Waals surface area contributed by atoms with E-state index in [0.717, 1.165) is 12.2 Å². The van der Waals surface area contributed by atoms with Crippen LogP contribution in [0.5, 0.6) is 0 Å². The number of nitrogens with one attached hydrogen (secondary N) is 1. The van der Waals surface area contributed by atoms with Gasteiger partial charge in [0.05, 0.1) is 6.54 Å². The maximum atomic E-state index is 8.79. The van der Waals surface area contributed by atoms with Crippen LogP contribution in [0.2, 0.25) is 0 Å². The van der Waals surface area contributed by atoms with E-state index in [0.29, 0.717) is 18.3 Å². The van der Waals surface area contributed by atoms with E-state index in [9.17, 15) is 0 Å². The van der Waals surface area contributed by atoms with Crippen molar-refractivity contribution in [1.29, 1.82) is 0 Å². The molecule has 0 saturated carbocycles. The minimum absolute atomic E-state index is 0.0395. The Morgan fingerprint density at radius 1 is 1.57 bits per heavy atom. The normalized spacial score (nSPS) is 12.7. The number of hydrogen-bond acceptors (Lipinski definition) is 3. The zero-order chi connectivity index (χ0) is 10.4. The van der Waals surface area contributed by atoms with E-state index in [1.165, 1.54) is 0 Å². The molecule has 1 rings (SSSR count). The summed E-state index contributed by atoms with van der Waals surface area (Å²) in [7, 11) is 0. The minimum Gasteiger partial charge on any atom is -0.462 e. The summed E-state index contributed by atoms with van der Waals surface area (Å²) < 4.78 is 5.32. The molecule has 0 aliphatic heterocycles. The molecule has 2 N–H and O–H groups in total. The van der Waals surface area contributed by atoms with Gasteiger partial charge in [0.15, 0.2) is 0 Å². The number of rotatable bonds is 6. The van der Waals surface area contributed by atoms with Gasteiger partial charge in [-0.2, -0.15) is 0 Å². The lowest BCUT2D eigenvalue weighted by Gasteiger charge is -2.09. The van der Waals surface area contributed by atoms with Crippen molar-refractivity contribution in [2.24, 2.45) is 0 Å². The van der Waals surface area contributed by atoms with Gasteiger partial charge in [0, 0.05) is 6.04 Å². The van der Waals surface area contributed by atoms with Gasteiger partial charge in [0.1, 0.15) is 18.1 Å². The smallest absolute Gasteiger partial charge is 0.129 e. The van der Waals surface area contributed by atoms with E-state index in [-0.39, 0.29) is 6.61 Å². The summed E-state index contributed by atoms with van der Waals surface area (Å²) in [6.07, 6.45) is 2.83. The first-order valence-corrected chi connectivity index (χ1v) is 4.79. The number of aliphatic hydroxyl groups excluding tert-OH is 1. The predicted molar refractivity (Wildman–Crippen MR) is 55.7 cm³/mol. The van der Waals surface area contributed by atoms with Gasteiger partial charge in [-0.25, -0.2) is 0 Å². The van der Waals surface area contributed by atoms with Gasteiger partial charge >= 0.3 is 0 Å². The average molecular weight is 195 g/mol. The fraction of sp³-hybridized carbons (Fsp3) is 0.455. The van der Waals surface area contributed by atoms with Gasteiger partial charge in [-0.05, 0) is 25.5 Å². The molecule has 0 bridgehead atoms. The Bertz CT molecular complexity index is 281. The van der Waals surface area contributed by atoms with Crippen molar-refractivity contribution in [2.75, 3.05) is 0 Å². The quantitative estimate of drug-likeness (QED) is 0.681. The van der Waals surface area contributed by atoms with Crippen LogP contribution < -0.4 is 5.32 Å². The summed E-state index contributed by atoms with van der Waals surface area (Å²) in [5, 5.41) is 12.1. The Morgan fingerprint density at radius 3 is 2.86 bits per heavy atom. The number of hydrogen-bond donors (Lipinski definition) is 2.